The van der Waals surface area contributed by atoms with Gasteiger partial charge in [-0.15, -0.1) is 0 Å². The number of hydrazine groups is 1. The highest BCUT2D eigenvalue weighted by atomic mass is 32.1. The van der Waals surface area contributed by atoms with Gasteiger partial charge in [-0.1, -0.05) is 23.5 Å². The van der Waals surface area contributed by atoms with Crippen molar-refractivity contribution in [2.75, 3.05) is 11.9 Å². The van der Waals surface area contributed by atoms with Crippen LogP contribution >= 0.6 is 11.3 Å². The Hall–Kier alpha value is -2.21. The zero-order chi connectivity index (χ0) is 14.2. The van der Waals surface area contributed by atoms with E-state index in [0.717, 1.165) is 35.3 Å². The van der Waals surface area contributed by atoms with E-state index in [4.69, 9.17) is 0 Å². The van der Waals surface area contributed by atoms with Crippen molar-refractivity contribution in [2.24, 2.45) is 0 Å². The summed E-state index contributed by atoms with van der Waals surface area (Å²) in [7, 11) is 0. The van der Waals surface area contributed by atoms with Crippen LogP contribution in [0.25, 0.3) is 10.2 Å². The number of para-hydroxylation sites is 1. The smallest absolute Gasteiger partial charge is 0.189 e. The van der Waals surface area contributed by atoms with Crippen molar-refractivity contribution in [3.8, 4) is 0 Å². The van der Waals surface area contributed by atoms with E-state index < -0.39 is 0 Å². The first kappa shape index (κ1) is 12.5. The normalized spacial score (nSPS) is 18.0. The molecule has 0 saturated heterocycles. The predicted octanol–water partition coefficient (Wildman–Crippen LogP) is 2.64. The summed E-state index contributed by atoms with van der Waals surface area (Å²) in [6.07, 6.45) is 2.28. The highest BCUT2D eigenvalue weighted by Gasteiger charge is 2.21. The van der Waals surface area contributed by atoms with E-state index in [-0.39, 0.29) is 0 Å². The van der Waals surface area contributed by atoms with Crippen LogP contribution in [0.15, 0.2) is 47.1 Å². The van der Waals surface area contributed by atoms with Crippen LogP contribution < -0.4 is 21.5 Å². The van der Waals surface area contributed by atoms with Crippen LogP contribution in [0.2, 0.25) is 0 Å². The van der Waals surface area contributed by atoms with Gasteiger partial charge >= 0.3 is 0 Å². The Morgan fingerprint density at radius 1 is 1.24 bits per heavy atom. The Morgan fingerprint density at radius 3 is 3.05 bits per heavy atom. The van der Waals surface area contributed by atoms with Gasteiger partial charge in [0.05, 0.1) is 10.2 Å². The molecule has 0 fully saturated rings. The molecule has 0 atom stereocenters. The standard InChI is InChI=1S/C15H17N5S/c1-9-10-5-4-8-16-14(10)20-19-13(9)18-15-17-11-6-2-3-7-12(11)21-15/h2-3,6-7,16,19-20H,4-5,8H2,1H3,(H,17,18). The summed E-state index contributed by atoms with van der Waals surface area (Å²) in [6, 6.07) is 8.19. The number of aromatic nitrogens is 1. The highest BCUT2D eigenvalue weighted by Crippen LogP contribution is 2.29. The number of hydrogen-bond donors (Lipinski definition) is 4. The van der Waals surface area contributed by atoms with E-state index in [0.29, 0.717) is 0 Å². The maximum atomic E-state index is 4.62. The van der Waals surface area contributed by atoms with Crippen LogP contribution in [0.4, 0.5) is 5.13 Å². The lowest BCUT2D eigenvalue weighted by Gasteiger charge is -2.30. The average Bonchev–Trinajstić information content (AvgIpc) is 2.93. The molecular formula is C15H17N5S. The summed E-state index contributed by atoms with van der Waals surface area (Å²) >= 11 is 1.67. The minimum atomic E-state index is 0.910. The summed E-state index contributed by atoms with van der Waals surface area (Å²) in [5.74, 6) is 2.09. The van der Waals surface area contributed by atoms with Crippen LogP contribution in [0, 0.1) is 0 Å². The Kier molecular flexibility index (Phi) is 2.96. The molecule has 0 unspecified atom stereocenters. The van der Waals surface area contributed by atoms with Crippen LogP contribution in [-0.4, -0.2) is 11.5 Å². The molecule has 108 valence electrons. The molecule has 0 radical (unpaired) electrons. The second-order valence-electron chi connectivity index (χ2n) is 5.25. The van der Waals surface area contributed by atoms with Crippen LogP contribution in [0.1, 0.15) is 19.8 Å². The third-order valence-corrected chi connectivity index (χ3v) is 4.82. The number of fused-ring (bicyclic) bond motifs is 1. The number of nitrogens with zero attached hydrogens (tertiary/aromatic N) is 1. The second-order valence-corrected chi connectivity index (χ2v) is 6.28. The molecular weight excluding hydrogens is 282 g/mol. The maximum absolute atomic E-state index is 4.62. The third-order valence-electron chi connectivity index (χ3n) is 3.87. The Balaban J connectivity index is 1.65. The number of hydrogen-bond acceptors (Lipinski definition) is 6. The van der Waals surface area contributed by atoms with E-state index in [9.17, 15) is 0 Å². The quantitative estimate of drug-likeness (QED) is 0.687. The molecule has 3 heterocycles. The van der Waals surface area contributed by atoms with E-state index in [2.05, 4.69) is 39.5 Å². The van der Waals surface area contributed by atoms with Gasteiger partial charge in [-0.3, -0.25) is 10.9 Å². The molecule has 2 aliphatic heterocycles. The molecule has 0 bridgehead atoms. The Morgan fingerprint density at radius 2 is 2.14 bits per heavy atom. The first-order valence-corrected chi connectivity index (χ1v) is 7.96. The van der Waals surface area contributed by atoms with Gasteiger partial charge in [0.15, 0.2) is 5.13 Å². The van der Waals surface area contributed by atoms with Crippen molar-refractivity contribution in [1.29, 1.82) is 0 Å². The molecule has 0 spiro atoms. The molecule has 2 aromatic rings. The first-order chi connectivity index (χ1) is 10.3. The van der Waals surface area contributed by atoms with Gasteiger partial charge in [0, 0.05) is 12.1 Å². The SMILES string of the molecule is CC1=C(Nc2nc3ccccc3s2)NNC2=C1CCCN2. The zero-order valence-electron chi connectivity index (χ0n) is 11.8. The molecule has 5 nitrogen and oxygen atoms in total. The summed E-state index contributed by atoms with van der Waals surface area (Å²) in [5.41, 5.74) is 10.1. The Bertz CT molecular complexity index is 725. The Labute approximate surface area is 127 Å². The molecule has 2 aliphatic rings. The van der Waals surface area contributed by atoms with E-state index in [1.807, 2.05) is 18.2 Å². The van der Waals surface area contributed by atoms with Crippen molar-refractivity contribution in [1.82, 2.24) is 21.2 Å². The van der Waals surface area contributed by atoms with Gasteiger partial charge in [-0.2, -0.15) is 0 Å². The topological polar surface area (TPSA) is 61.0 Å². The summed E-state index contributed by atoms with van der Waals surface area (Å²) < 4.78 is 1.20. The lowest BCUT2D eigenvalue weighted by molar-refractivity contribution is 0.543. The molecule has 4 N–H and O–H groups in total. The van der Waals surface area contributed by atoms with Crippen LogP contribution in [0.3, 0.4) is 0 Å². The van der Waals surface area contributed by atoms with Crippen molar-refractivity contribution >= 4 is 26.7 Å². The van der Waals surface area contributed by atoms with E-state index >= 15 is 0 Å². The summed E-state index contributed by atoms with van der Waals surface area (Å²) in [6.45, 7) is 3.17. The molecule has 0 saturated carbocycles. The molecule has 4 rings (SSSR count). The van der Waals surface area contributed by atoms with Crippen LogP contribution in [-0.2, 0) is 0 Å². The van der Waals surface area contributed by atoms with Gasteiger partial charge in [0.1, 0.15) is 11.6 Å². The van der Waals surface area contributed by atoms with E-state index in [1.54, 1.807) is 11.3 Å². The monoisotopic (exact) mass is 299 g/mol. The minimum absolute atomic E-state index is 0.910. The molecule has 0 aliphatic carbocycles. The third kappa shape index (κ3) is 2.21. The van der Waals surface area contributed by atoms with E-state index in [1.165, 1.54) is 22.3 Å². The fourth-order valence-electron chi connectivity index (χ4n) is 2.73. The van der Waals surface area contributed by atoms with Crippen molar-refractivity contribution in [3.63, 3.8) is 0 Å². The largest absolute Gasteiger partial charge is 0.370 e. The van der Waals surface area contributed by atoms with Crippen molar-refractivity contribution < 1.29 is 0 Å². The fourth-order valence-corrected chi connectivity index (χ4v) is 3.60. The van der Waals surface area contributed by atoms with Crippen molar-refractivity contribution in [3.05, 3.63) is 47.1 Å². The number of anilines is 1. The predicted molar refractivity (Wildman–Crippen MR) is 86.5 cm³/mol. The number of allylic oxidation sites excluding steroid dienone is 2. The summed E-state index contributed by atoms with van der Waals surface area (Å²) in [5, 5.41) is 7.70. The molecule has 6 heteroatoms. The number of rotatable bonds is 2. The summed E-state index contributed by atoms with van der Waals surface area (Å²) in [4.78, 5) is 4.62. The van der Waals surface area contributed by atoms with Gasteiger partial charge < -0.3 is 10.6 Å². The highest BCUT2D eigenvalue weighted by molar-refractivity contribution is 7.22. The average molecular weight is 299 g/mol. The zero-order valence-corrected chi connectivity index (χ0v) is 12.6. The van der Waals surface area contributed by atoms with Gasteiger partial charge in [0.25, 0.3) is 0 Å². The molecule has 0 amide bonds. The molecule has 21 heavy (non-hydrogen) atoms. The fraction of sp³-hybridized carbons (Fsp3) is 0.267. The van der Waals surface area contributed by atoms with Crippen molar-refractivity contribution in [2.45, 2.75) is 19.8 Å². The minimum Gasteiger partial charge on any atom is -0.370 e. The lowest BCUT2D eigenvalue weighted by atomic mass is 9.99. The van der Waals surface area contributed by atoms with Gasteiger partial charge in [0.2, 0.25) is 0 Å². The number of benzene rings is 1. The van der Waals surface area contributed by atoms with Gasteiger partial charge in [-0.05, 0) is 37.5 Å². The lowest BCUT2D eigenvalue weighted by Crippen LogP contribution is -2.45. The molecule has 1 aromatic carbocycles. The van der Waals surface area contributed by atoms with Gasteiger partial charge in [-0.25, -0.2) is 4.98 Å². The first-order valence-electron chi connectivity index (χ1n) is 7.14. The maximum Gasteiger partial charge on any atom is 0.189 e. The number of thiazole rings is 1. The second kappa shape index (κ2) is 4.96. The number of nitrogens with one attached hydrogen (secondary N) is 4. The molecule has 1 aromatic heterocycles. The van der Waals surface area contributed by atoms with Crippen LogP contribution in [0.5, 0.6) is 0 Å².